The van der Waals surface area contributed by atoms with E-state index in [1.54, 1.807) is 0 Å². The Balaban J connectivity index is 1.96. The molecule has 3 nitrogen and oxygen atoms in total. The maximum Gasteiger partial charge on any atom is 0.185 e. The summed E-state index contributed by atoms with van der Waals surface area (Å²) in [4.78, 5) is 0. The SMILES string of the molecule is CC(C)CO[C@@H]1OC1CN. The topological polar surface area (TPSA) is 47.8 Å². The van der Waals surface area contributed by atoms with Gasteiger partial charge in [-0.1, -0.05) is 13.8 Å². The molecule has 1 unspecified atom stereocenters. The van der Waals surface area contributed by atoms with Gasteiger partial charge in [0.2, 0.25) is 0 Å². The summed E-state index contributed by atoms with van der Waals surface area (Å²) in [5, 5.41) is 0. The monoisotopic (exact) mass is 145 g/mol. The van der Waals surface area contributed by atoms with Gasteiger partial charge in [-0.2, -0.15) is 0 Å². The van der Waals surface area contributed by atoms with Crippen molar-refractivity contribution in [1.82, 2.24) is 0 Å². The van der Waals surface area contributed by atoms with Crippen molar-refractivity contribution in [3.8, 4) is 0 Å². The molecule has 1 aliphatic rings. The number of ether oxygens (including phenoxy) is 2. The van der Waals surface area contributed by atoms with E-state index in [0.29, 0.717) is 12.5 Å². The fourth-order valence-corrected chi connectivity index (χ4v) is 0.727. The lowest BCUT2D eigenvalue weighted by Crippen LogP contribution is -2.13. The Morgan fingerprint density at radius 2 is 2.30 bits per heavy atom. The fourth-order valence-electron chi connectivity index (χ4n) is 0.727. The summed E-state index contributed by atoms with van der Waals surface area (Å²) in [6.07, 6.45) is 0.158. The highest BCUT2D eigenvalue weighted by atomic mass is 16.8. The van der Waals surface area contributed by atoms with Crippen molar-refractivity contribution in [2.75, 3.05) is 13.2 Å². The number of rotatable bonds is 4. The number of hydrogen-bond donors (Lipinski definition) is 1. The first-order valence-corrected chi connectivity index (χ1v) is 3.71. The van der Waals surface area contributed by atoms with Crippen LogP contribution in [0, 0.1) is 5.92 Å². The van der Waals surface area contributed by atoms with E-state index in [1.165, 1.54) is 0 Å². The van der Waals surface area contributed by atoms with E-state index < -0.39 is 0 Å². The molecule has 60 valence electrons. The highest BCUT2D eigenvalue weighted by molar-refractivity contribution is 4.77. The Kier molecular flexibility index (Phi) is 2.65. The molecule has 1 fully saturated rings. The quantitative estimate of drug-likeness (QED) is 0.580. The lowest BCUT2D eigenvalue weighted by molar-refractivity contribution is 0.0342. The van der Waals surface area contributed by atoms with Gasteiger partial charge in [0.25, 0.3) is 0 Å². The van der Waals surface area contributed by atoms with Gasteiger partial charge in [-0.05, 0) is 5.92 Å². The zero-order chi connectivity index (χ0) is 7.56. The average Bonchev–Trinajstić information content (AvgIpc) is 2.61. The summed E-state index contributed by atoms with van der Waals surface area (Å²) in [6, 6.07) is 0. The van der Waals surface area contributed by atoms with E-state index >= 15 is 0 Å². The summed E-state index contributed by atoms with van der Waals surface area (Å²) in [5.74, 6) is 0.572. The van der Waals surface area contributed by atoms with Crippen LogP contribution in [0.25, 0.3) is 0 Å². The van der Waals surface area contributed by atoms with Crippen LogP contribution in [-0.2, 0) is 9.47 Å². The van der Waals surface area contributed by atoms with Crippen molar-refractivity contribution in [2.24, 2.45) is 11.7 Å². The molecule has 2 N–H and O–H groups in total. The molecule has 3 heteroatoms. The Labute approximate surface area is 61.5 Å². The molecule has 0 aromatic rings. The number of nitrogens with two attached hydrogens (primary N) is 1. The Morgan fingerprint density at radius 1 is 1.60 bits per heavy atom. The molecule has 1 aliphatic heterocycles. The fraction of sp³-hybridized carbons (Fsp3) is 1.00. The first-order valence-electron chi connectivity index (χ1n) is 3.71. The molecule has 0 saturated carbocycles. The Morgan fingerprint density at radius 3 is 2.70 bits per heavy atom. The Bertz CT molecular complexity index is 106. The largest absolute Gasteiger partial charge is 0.350 e. The predicted molar refractivity (Wildman–Crippen MR) is 38.5 cm³/mol. The molecule has 0 bridgehead atoms. The molecule has 1 heterocycles. The standard InChI is InChI=1S/C7H15NO2/c1-5(2)4-9-7-6(3-8)10-7/h5-7H,3-4,8H2,1-2H3/t6?,7-/m1/s1. The lowest BCUT2D eigenvalue weighted by Gasteiger charge is -2.02. The van der Waals surface area contributed by atoms with Crippen molar-refractivity contribution in [1.29, 1.82) is 0 Å². The molecular weight excluding hydrogens is 130 g/mol. The van der Waals surface area contributed by atoms with Crippen LogP contribution in [-0.4, -0.2) is 25.5 Å². The van der Waals surface area contributed by atoms with Crippen molar-refractivity contribution in [3.63, 3.8) is 0 Å². The van der Waals surface area contributed by atoms with Crippen LogP contribution in [0.3, 0.4) is 0 Å². The molecular formula is C7H15NO2. The summed E-state index contributed by atoms with van der Waals surface area (Å²) in [6.45, 7) is 5.56. The smallest absolute Gasteiger partial charge is 0.185 e. The Hall–Kier alpha value is -0.120. The van der Waals surface area contributed by atoms with Gasteiger partial charge in [-0.25, -0.2) is 0 Å². The molecule has 10 heavy (non-hydrogen) atoms. The zero-order valence-corrected chi connectivity index (χ0v) is 6.54. The van der Waals surface area contributed by atoms with Gasteiger partial charge in [-0.15, -0.1) is 0 Å². The van der Waals surface area contributed by atoms with Crippen molar-refractivity contribution < 1.29 is 9.47 Å². The molecule has 0 aliphatic carbocycles. The van der Waals surface area contributed by atoms with E-state index in [1.807, 2.05) is 0 Å². The zero-order valence-electron chi connectivity index (χ0n) is 6.54. The van der Waals surface area contributed by atoms with Gasteiger partial charge in [0.15, 0.2) is 6.29 Å². The third kappa shape index (κ3) is 2.25. The molecule has 1 rings (SSSR count). The second-order valence-corrected chi connectivity index (χ2v) is 3.01. The minimum Gasteiger partial charge on any atom is -0.350 e. The van der Waals surface area contributed by atoms with Crippen LogP contribution in [0.2, 0.25) is 0 Å². The minimum absolute atomic E-state index is 0.00704. The minimum atomic E-state index is -0.00704. The number of hydrogen-bond acceptors (Lipinski definition) is 3. The lowest BCUT2D eigenvalue weighted by atomic mass is 10.2. The van der Waals surface area contributed by atoms with Crippen molar-refractivity contribution in [2.45, 2.75) is 26.2 Å². The second-order valence-electron chi connectivity index (χ2n) is 3.01. The summed E-state index contributed by atoms with van der Waals surface area (Å²) < 4.78 is 10.4. The maximum atomic E-state index is 5.33. The first-order chi connectivity index (χ1) is 4.74. The molecule has 0 aromatic carbocycles. The van der Waals surface area contributed by atoms with Crippen molar-refractivity contribution in [3.05, 3.63) is 0 Å². The summed E-state index contributed by atoms with van der Waals surface area (Å²) in [5.41, 5.74) is 5.33. The van der Waals surface area contributed by atoms with Gasteiger partial charge < -0.3 is 15.2 Å². The van der Waals surface area contributed by atoms with Crippen LogP contribution < -0.4 is 5.73 Å². The van der Waals surface area contributed by atoms with Crippen LogP contribution in [0.15, 0.2) is 0 Å². The predicted octanol–water partition coefficient (Wildman–Crippen LogP) is 0.343. The third-order valence-corrected chi connectivity index (χ3v) is 1.36. The molecule has 0 aromatic heterocycles. The van der Waals surface area contributed by atoms with Crippen LogP contribution in [0.4, 0.5) is 0 Å². The van der Waals surface area contributed by atoms with E-state index in [0.717, 1.165) is 6.61 Å². The van der Waals surface area contributed by atoms with E-state index in [2.05, 4.69) is 13.8 Å². The molecule has 0 amide bonds. The molecule has 0 spiro atoms. The van der Waals surface area contributed by atoms with E-state index in [-0.39, 0.29) is 12.4 Å². The molecule has 2 atom stereocenters. The van der Waals surface area contributed by atoms with E-state index in [9.17, 15) is 0 Å². The molecule has 0 radical (unpaired) electrons. The average molecular weight is 145 g/mol. The van der Waals surface area contributed by atoms with Crippen LogP contribution in [0.1, 0.15) is 13.8 Å². The third-order valence-electron chi connectivity index (χ3n) is 1.36. The van der Waals surface area contributed by atoms with Crippen LogP contribution in [0.5, 0.6) is 0 Å². The summed E-state index contributed by atoms with van der Waals surface area (Å²) >= 11 is 0. The van der Waals surface area contributed by atoms with Gasteiger partial charge in [0.05, 0.1) is 6.61 Å². The van der Waals surface area contributed by atoms with Gasteiger partial charge in [0.1, 0.15) is 6.10 Å². The maximum absolute atomic E-state index is 5.33. The van der Waals surface area contributed by atoms with Gasteiger partial charge in [0, 0.05) is 6.54 Å². The van der Waals surface area contributed by atoms with Crippen LogP contribution >= 0.6 is 0 Å². The van der Waals surface area contributed by atoms with Crippen molar-refractivity contribution >= 4 is 0 Å². The van der Waals surface area contributed by atoms with Gasteiger partial charge >= 0.3 is 0 Å². The normalized spacial score (nSPS) is 31.2. The number of epoxide rings is 1. The highest BCUT2D eigenvalue weighted by Gasteiger charge is 2.38. The van der Waals surface area contributed by atoms with Gasteiger partial charge in [-0.3, -0.25) is 0 Å². The first kappa shape index (κ1) is 7.98. The summed E-state index contributed by atoms with van der Waals surface area (Å²) in [7, 11) is 0. The molecule has 1 saturated heterocycles. The second kappa shape index (κ2) is 3.32. The van der Waals surface area contributed by atoms with E-state index in [4.69, 9.17) is 15.2 Å². The highest BCUT2D eigenvalue weighted by Crippen LogP contribution is 2.22.